The van der Waals surface area contributed by atoms with E-state index in [2.05, 4.69) is 30.3 Å². The van der Waals surface area contributed by atoms with Gasteiger partial charge in [0.2, 0.25) is 0 Å². The number of carbonyl (C=O) groups is 1. The van der Waals surface area contributed by atoms with E-state index in [1.54, 1.807) is 6.20 Å². The summed E-state index contributed by atoms with van der Waals surface area (Å²) in [5.41, 5.74) is 0. The third-order valence-corrected chi connectivity index (χ3v) is 4.57. The molecule has 0 saturated heterocycles. The van der Waals surface area contributed by atoms with Crippen LogP contribution in [0.15, 0.2) is 12.4 Å². The minimum Gasteiger partial charge on any atom is -0.481 e. The molecule has 1 aromatic rings. The van der Waals surface area contributed by atoms with Gasteiger partial charge in [-0.05, 0) is 38.0 Å². The quantitative estimate of drug-likeness (QED) is 0.909. The average molecular weight is 264 g/mol. The largest absolute Gasteiger partial charge is 0.481 e. The summed E-state index contributed by atoms with van der Waals surface area (Å²) in [5.74, 6) is 1.30. The second-order valence-electron chi connectivity index (χ2n) is 5.94. The van der Waals surface area contributed by atoms with Crippen molar-refractivity contribution in [1.29, 1.82) is 0 Å². The van der Waals surface area contributed by atoms with Crippen molar-refractivity contribution in [3.63, 3.8) is 0 Å². The Morgan fingerprint density at radius 3 is 2.84 bits per heavy atom. The fourth-order valence-corrected chi connectivity index (χ4v) is 3.31. The zero-order valence-electron chi connectivity index (χ0n) is 12.0. The van der Waals surface area contributed by atoms with E-state index < -0.39 is 5.97 Å². The van der Waals surface area contributed by atoms with Gasteiger partial charge in [0.15, 0.2) is 0 Å². The highest BCUT2D eigenvalue weighted by Gasteiger charge is 2.38. The van der Waals surface area contributed by atoms with E-state index in [9.17, 15) is 9.90 Å². The molecule has 1 heterocycles. The molecule has 0 amide bonds. The van der Waals surface area contributed by atoms with Crippen molar-refractivity contribution in [2.24, 2.45) is 17.8 Å². The number of nitrogens with zero attached hydrogens (tertiary/aromatic N) is 2. The average Bonchev–Trinajstić information content (AvgIpc) is 2.85. The van der Waals surface area contributed by atoms with Crippen molar-refractivity contribution in [2.75, 3.05) is 0 Å². The first-order valence-corrected chi connectivity index (χ1v) is 7.28. The Morgan fingerprint density at radius 2 is 2.26 bits per heavy atom. The monoisotopic (exact) mass is 264 g/mol. The highest BCUT2D eigenvalue weighted by Crippen LogP contribution is 2.42. The van der Waals surface area contributed by atoms with Crippen LogP contribution in [-0.2, 0) is 11.3 Å². The van der Waals surface area contributed by atoms with Crippen LogP contribution in [0, 0.1) is 17.8 Å². The molecule has 1 aliphatic rings. The zero-order valence-corrected chi connectivity index (χ0v) is 12.0. The number of aromatic nitrogens is 2. The number of carboxylic acid groups (broad SMARTS) is 1. The van der Waals surface area contributed by atoms with Crippen LogP contribution in [-0.4, -0.2) is 20.6 Å². The highest BCUT2D eigenvalue weighted by atomic mass is 16.4. The van der Waals surface area contributed by atoms with E-state index in [1.807, 2.05) is 6.20 Å². The van der Waals surface area contributed by atoms with Crippen LogP contribution in [0.1, 0.15) is 51.8 Å². The summed E-state index contributed by atoms with van der Waals surface area (Å²) in [6.45, 7) is 7.39. The lowest BCUT2D eigenvalue weighted by atomic mass is 9.70. The normalized spacial score (nSPS) is 27.7. The first-order chi connectivity index (χ1) is 9.04. The zero-order chi connectivity index (χ0) is 14.0. The van der Waals surface area contributed by atoms with Gasteiger partial charge in [0.25, 0.3) is 0 Å². The standard InChI is InChI=1S/C15H24N2O2/c1-4-17-8-7-16-14(17)13-9-11(10(2)3)5-6-12(13)15(18)19/h7-8,10-13H,4-6,9H2,1-3H3,(H,18,19). The molecule has 1 N–H and O–H groups in total. The van der Waals surface area contributed by atoms with Gasteiger partial charge in [-0.2, -0.15) is 0 Å². The smallest absolute Gasteiger partial charge is 0.307 e. The molecule has 1 aliphatic carbocycles. The van der Waals surface area contributed by atoms with Crippen LogP contribution in [0.3, 0.4) is 0 Å². The van der Waals surface area contributed by atoms with Crippen LogP contribution in [0.25, 0.3) is 0 Å². The van der Waals surface area contributed by atoms with Gasteiger partial charge in [-0.1, -0.05) is 13.8 Å². The summed E-state index contributed by atoms with van der Waals surface area (Å²) in [7, 11) is 0. The van der Waals surface area contributed by atoms with E-state index in [0.29, 0.717) is 11.8 Å². The first-order valence-electron chi connectivity index (χ1n) is 7.28. The second-order valence-corrected chi connectivity index (χ2v) is 5.94. The second kappa shape index (κ2) is 5.76. The van der Waals surface area contributed by atoms with Crippen molar-refractivity contribution >= 4 is 5.97 Å². The van der Waals surface area contributed by atoms with Gasteiger partial charge >= 0.3 is 5.97 Å². The summed E-state index contributed by atoms with van der Waals surface area (Å²) in [6, 6.07) is 0. The van der Waals surface area contributed by atoms with E-state index >= 15 is 0 Å². The molecule has 0 bridgehead atoms. The number of rotatable bonds is 4. The predicted octanol–water partition coefficient (Wildman–Crippen LogP) is 3.14. The molecule has 0 radical (unpaired) electrons. The SMILES string of the molecule is CCn1ccnc1C1CC(C(C)C)CCC1C(=O)O. The van der Waals surface area contributed by atoms with E-state index in [-0.39, 0.29) is 11.8 Å². The Bertz CT molecular complexity index is 439. The maximum Gasteiger partial charge on any atom is 0.307 e. The molecule has 19 heavy (non-hydrogen) atoms. The van der Waals surface area contributed by atoms with Crippen LogP contribution in [0.5, 0.6) is 0 Å². The third-order valence-electron chi connectivity index (χ3n) is 4.57. The molecule has 1 fully saturated rings. The number of aryl methyl sites for hydroxylation is 1. The number of imidazole rings is 1. The lowest BCUT2D eigenvalue weighted by Gasteiger charge is -2.35. The Hall–Kier alpha value is -1.32. The fraction of sp³-hybridized carbons (Fsp3) is 0.733. The molecule has 1 aromatic heterocycles. The number of aliphatic carboxylic acids is 1. The predicted molar refractivity (Wildman–Crippen MR) is 73.9 cm³/mol. The maximum atomic E-state index is 11.5. The van der Waals surface area contributed by atoms with Crippen molar-refractivity contribution in [3.05, 3.63) is 18.2 Å². The molecular formula is C15H24N2O2. The summed E-state index contributed by atoms with van der Waals surface area (Å²) < 4.78 is 2.09. The fourth-order valence-electron chi connectivity index (χ4n) is 3.31. The van der Waals surface area contributed by atoms with Crippen LogP contribution in [0.4, 0.5) is 0 Å². The summed E-state index contributed by atoms with van der Waals surface area (Å²) in [6.07, 6.45) is 6.49. The summed E-state index contributed by atoms with van der Waals surface area (Å²) in [5, 5.41) is 9.46. The van der Waals surface area contributed by atoms with Crippen molar-refractivity contribution in [1.82, 2.24) is 9.55 Å². The Balaban J connectivity index is 2.28. The molecule has 1 saturated carbocycles. The first kappa shape index (κ1) is 14.1. The van der Waals surface area contributed by atoms with Crippen LogP contribution >= 0.6 is 0 Å². The lowest BCUT2D eigenvalue weighted by molar-refractivity contribution is -0.144. The number of hydrogen-bond acceptors (Lipinski definition) is 2. The van der Waals surface area contributed by atoms with Gasteiger partial charge in [0.1, 0.15) is 5.82 Å². The van der Waals surface area contributed by atoms with E-state index in [4.69, 9.17) is 0 Å². The Morgan fingerprint density at radius 1 is 1.53 bits per heavy atom. The molecular weight excluding hydrogens is 240 g/mol. The van der Waals surface area contributed by atoms with E-state index in [1.165, 1.54) is 0 Å². The van der Waals surface area contributed by atoms with Crippen LogP contribution in [0.2, 0.25) is 0 Å². The third kappa shape index (κ3) is 2.82. The molecule has 106 valence electrons. The van der Waals surface area contributed by atoms with Gasteiger partial charge in [-0.3, -0.25) is 4.79 Å². The summed E-state index contributed by atoms with van der Waals surface area (Å²) in [4.78, 5) is 15.9. The molecule has 3 unspecified atom stereocenters. The summed E-state index contributed by atoms with van der Waals surface area (Å²) >= 11 is 0. The van der Waals surface area contributed by atoms with E-state index in [0.717, 1.165) is 31.6 Å². The molecule has 3 atom stereocenters. The molecule has 4 nitrogen and oxygen atoms in total. The van der Waals surface area contributed by atoms with Crippen molar-refractivity contribution in [3.8, 4) is 0 Å². The minimum atomic E-state index is -0.669. The number of carboxylic acids is 1. The van der Waals surface area contributed by atoms with Crippen molar-refractivity contribution < 1.29 is 9.90 Å². The highest BCUT2D eigenvalue weighted by molar-refractivity contribution is 5.71. The van der Waals surface area contributed by atoms with Gasteiger partial charge in [-0.15, -0.1) is 0 Å². The molecule has 2 rings (SSSR count). The molecule has 0 spiro atoms. The minimum absolute atomic E-state index is 0.0635. The van der Waals surface area contributed by atoms with Gasteiger partial charge in [-0.25, -0.2) is 4.98 Å². The van der Waals surface area contributed by atoms with Crippen LogP contribution < -0.4 is 0 Å². The number of hydrogen-bond donors (Lipinski definition) is 1. The Kier molecular flexibility index (Phi) is 4.27. The molecule has 4 heteroatoms. The lowest BCUT2D eigenvalue weighted by Crippen LogP contribution is -2.32. The molecule has 0 aromatic carbocycles. The topological polar surface area (TPSA) is 55.1 Å². The molecule has 0 aliphatic heterocycles. The maximum absolute atomic E-state index is 11.5. The Labute approximate surface area is 114 Å². The van der Waals surface area contributed by atoms with Gasteiger partial charge < -0.3 is 9.67 Å². The van der Waals surface area contributed by atoms with Gasteiger partial charge in [0, 0.05) is 24.9 Å². The van der Waals surface area contributed by atoms with Crippen molar-refractivity contribution in [2.45, 2.75) is 52.5 Å². The van der Waals surface area contributed by atoms with Gasteiger partial charge in [0.05, 0.1) is 5.92 Å².